The largest absolute Gasteiger partial charge is 0.507 e. The monoisotopic (exact) mass is 550 g/mol. The SMILES string of the molecule is CC(C)CCCNc1ccc2c(c1)C(=O)c1c(O)cc3c(c1C2=O)N[C@H]1C#C/C=C\C#C[C@@H](O)[C@@]32O[C@@]12CC(C)C. The first-order valence-electron chi connectivity index (χ1n) is 14.3. The predicted octanol–water partition coefficient (Wildman–Crippen LogP) is 4.76. The van der Waals surface area contributed by atoms with Gasteiger partial charge in [0.15, 0.2) is 23.3 Å². The van der Waals surface area contributed by atoms with Crippen LogP contribution in [0.3, 0.4) is 0 Å². The molecule has 210 valence electrons. The first-order chi connectivity index (χ1) is 19.6. The van der Waals surface area contributed by atoms with Gasteiger partial charge in [0.25, 0.3) is 0 Å². The van der Waals surface area contributed by atoms with Gasteiger partial charge in [-0.1, -0.05) is 51.4 Å². The average molecular weight is 551 g/mol. The van der Waals surface area contributed by atoms with Crippen molar-refractivity contribution in [3.8, 4) is 29.4 Å². The quantitative estimate of drug-likeness (QED) is 0.145. The van der Waals surface area contributed by atoms with E-state index in [1.807, 2.05) is 0 Å². The second-order valence-electron chi connectivity index (χ2n) is 12.2. The van der Waals surface area contributed by atoms with E-state index >= 15 is 0 Å². The summed E-state index contributed by atoms with van der Waals surface area (Å²) in [5.41, 5.74) is -0.231. The van der Waals surface area contributed by atoms with Crippen molar-refractivity contribution in [1.29, 1.82) is 0 Å². The van der Waals surface area contributed by atoms with Gasteiger partial charge in [0.05, 0.1) is 16.8 Å². The second kappa shape index (κ2) is 9.80. The number of phenolic OH excluding ortho intramolecular Hbond substituents is 1. The molecular formula is C34H34N2O5. The van der Waals surface area contributed by atoms with Crippen LogP contribution in [0.25, 0.3) is 0 Å². The molecule has 0 amide bonds. The number of benzene rings is 2. The minimum atomic E-state index is -1.32. The van der Waals surface area contributed by atoms with E-state index in [-0.39, 0.29) is 39.7 Å². The number of ketones is 2. The van der Waals surface area contributed by atoms with E-state index in [1.165, 1.54) is 6.07 Å². The van der Waals surface area contributed by atoms with Gasteiger partial charge in [-0.3, -0.25) is 9.59 Å². The highest BCUT2D eigenvalue weighted by Gasteiger charge is 2.79. The van der Waals surface area contributed by atoms with Crippen molar-refractivity contribution in [3.05, 3.63) is 64.2 Å². The lowest BCUT2D eigenvalue weighted by molar-refractivity contribution is 0.0975. The summed E-state index contributed by atoms with van der Waals surface area (Å²) in [6.45, 7) is 9.22. The van der Waals surface area contributed by atoms with E-state index in [0.29, 0.717) is 23.6 Å². The summed E-state index contributed by atoms with van der Waals surface area (Å²) in [7, 11) is 0. The molecule has 6 rings (SSSR count). The summed E-state index contributed by atoms with van der Waals surface area (Å²) in [4.78, 5) is 27.9. The van der Waals surface area contributed by atoms with Crippen LogP contribution in [-0.2, 0) is 10.3 Å². The lowest BCUT2D eigenvalue weighted by Crippen LogP contribution is -2.50. The van der Waals surface area contributed by atoms with Crippen LogP contribution in [0.1, 0.15) is 84.4 Å². The van der Waals surface area contributed by atoms with Crippen LogP contribution >= 0.6 is 0 Å². The molecule has 7 heteroatoms. The molecule has 2 bridgehead atoms. The number of anilines is 2. The summed E-state index contributed by atoms with van der Waals surface area (Å²) in [6.07, 6.45) is 4.56. The number of rotatable bonds is 7. The van der Waals surface area contributed by atoms with Gasteiger partial charge in [-0.15, -0.1) is 0 Å². The number of allylic oxidation sites excluding steroid dienone is 2. The number of aromatic hydroxyl groups is 1. The number of epoxide rings is 1. The van der Waals surface area contributed by atoms with Gasteiger partial charge in [0.2, 0.25) is 0 Å². The highest BCUT2D eigenvalue weighted by Crippen LogP contribution is 2.68. The van der Waals surface area contributed by atoms with Gasteiger partial charge in [-0.05, 0) is 67.5 Å². The lowest BCUT2D eigenvalue weighted by atomic mass is 9.69. The Kier molecular flexibility index (Phi) is 6.49. The molecule has 2 aliphatic heterocycles. The Morgan fingerprint density at radius 1 is 1.00 bits per heavy atom. The van der Waals surface area contributed by atoms with Gasteiger partial charge in [-0.2, -0.15) is 0 Å². The molecule has 41 heavy (non-hydrogen) atoms. The van der Waals surface area contributed by atoms with Gasteiger partial charge in [-0.25, -0.2) is 0 Å². The zero-order valence-electron chi connectivity index (χ0n) is 23.7. The summed E-state index contributed by atoms with van der Waals surface area (Å²) < 4.78 is 6.49. The molecule has 1 saturated heterocycles. The number of ether oxygens (including phenoxy) is 1. The summed E-state index contributed by atoms with van der Waals surface area (Å²) >= 11 is 0. The van der Waals surface area contributed by atoms with Crippen molar-refractivity contribution in [3.63, 3.8) is 0 Å². The van der Waals surface area contributed by atoms with Gasteiger partial charge in [0, 0.05) is 28.9 Å². The van der Waals surface area contributed by atoms with Gasteiger partial charge in [0.1, 0.15) is 17.4 Å². The summed E-state index contributed by atoms with van der Waals surface area (Å²) in [5.74, 6) is 11.5. The Bertz CT molecular complexity index is 1630. The number of carbonyl (C=O) groups excluding carboxylic acids is 2. The molecule has 4 atom stereocenters. The Morgan fingerprint density at radius 3 is 2.46 bits per heavy atom. The Balaban J connectivity index is 1.47. The zero-order chi connectivity index (χ0) is 29.1. The fourth-order valence-corrected chi connectivity index (χ4v) is 6.65. The van der Waals surface area contributed by atoms with Crippen LogP contribution in [0.2, 0.25) is 0 Å². The van der Waals surface area contributed by atoms with E-state index in [9.17, 15) is 19.8 Å². The van der Waals surface area contributed by atoms with Crippen LogP contribution in [0, 0.1) is 35.5 Å². The number of aliphatic hydroxyl groups excluding tert-OH is 1. The van der Waals surface area contributed by atoms with E-state index in [2.05, 4.69) is 62.0 Å². The number of hydrogen-bond acceptors (Lipinski definition) is 7. The van der Waals surface area contributed by atoms with Crippen molar-refractivity contribution in [2.24, 2.45) is 11.8 Å². The number of fused-ring (bicyclic) bond motifs is 4. The highest BCUT2D eigenvalue weighted by molar-refractivity contribution is 6.31. The topological polar surface area (TPSA) is 111 Å². The molecule has 1 fully saturated rings. The van der Waals surface area contributed by atoms with Crippen molar-refractivity contribution in [1.82, 2.24) is 0 Å². The number of nitrogens with one attached hydrogen (secondary N) is 2. The fourth-order valence-electron chi connectivity index (χ4n) is 6.65. The molecule has 0 unspecified atom stereocenters. The van der Waals surface area contributed by atoms with E-state index in [0.717, 1.165) is 25.1 Å². The van der Waals surface area contributed by atoms with Crippen LogP contribution in [0.5, 0.6) is 5.75 Å². The predicted molar refractivity (Wildman–Crippen MR) is 157 cm³/mol. The third-order valence-corrected chi connectivity index (χ3v) is 8.44. The highest BCUT2D eigenvalue weighted by atomic mass is 16.6. The van der Waals surface area contributed by atoms with Crippen molar-refractivity contribution in [2.45, 2.75) is 70.3 Å². The molecule has 2 aromatic rings. The van der Waals surface area contributed by atoms with Crippen LogP contribution in [0.15, 0.2) is 36.4 Å². The normalized spacial score (nSPS) is 27.2. The van der Waals surface area contributed by atoms with Crippen LogP contribution in [0.4, 0.5) is 11.4 Å². The summed E-state index contributed by atoms with van der Waals surface area (Å²) in [6, 6.07) is 6.01. The molecule has 4 aliphatic rings. The number of phenols is 1. The van der Waals surface area contributed by atoms with Crippen LogP contribution < -0.4 is 10.6 Å². The fraction of sp³-hybridized carbons (Fsp3) is 0.412. The molecule has 2 aliphatic carbocycles. The molecule has 2 heterocycles. The summed E-state index contributed by atoms with van der Waals surface area (Å²) in [5, 5.41) is 29.5. The van der Waals surface area contributed by atoms with Crippen LogP contribution in [-0.4, -0.2) is 46.1 Å². The molecule has 0 saturated carbocycles. The number of aliphatic hydroxyl groups is 1. The standard InChI is InChI=1S/C34H34N2O5/c1-19(2)10-9-15-35-21-13-14-22-23(16-21)32(40)28-25(37)17-24-30(29(28)31(22)39)36-26-11-7-5-6-8-12-27(38)34(24)33(26,41-34)18-20(3)4/h5-6,13-14,16-17,19-20,26-27,35-38H,9-10,15,18H2,1-4H3/b6-5-/t26-,27+,33-,34-/m0/s1. The van der Waals surface area contributed by atoms with Crippen molar-refractivity contribution < 1.29 is 24.5 Å². The second-order valence-corrected chi connectivity index (χ2v) is 12.2. The lowest BCUT2D eigenvalue weighted by Gasteiger charge is -2.37. The molecule has 7 nitrogen and oxygen atoms in total. The first-order valence-corrected chi connectivity index (χ1v) is 14.3. The maximum absolute atomic E-state index is 14.1. The molecule has 4 N–H and O–H groups in total. The van der Waals surface area contributed by atoms with Crippen molar-refractivity contribution in [2.75, 3.05) is 17.2 Å². The maximum Gasteiger partial charge on any atom is 0.198 e. The zero-order valence-corrected chi connectivity index (χ0v) is 23.7. The smallest absolute Gasteiger partial charge is 0.198 e. The maximum atomic E-state index is 14.1. The Morgan fingerprint density at radius 2 is 1.73 bits per heavy atom. The van der Waals surface area contributed by atoms with E-state index in [4.69, 9.17) is 4.74 Å². The Hall–Kier alpha value is -4.04. The van der Waals surface area contributed by atoms with Crippen molar-refractivity contribution >= 4 is 22.9 Å². The van der Waals surface area contributed by atoms with E-state index < -0.39 is 29.1 Å². The molecule has 0 radical (unpaired) electrons. The Labute approximate surface area is 240 Å². The van der Waals surface area contributed by atoms with Gasteiger partial charge < -0.3 is 25.6 Å². The third kappa shape index (κ3) is 4.07. The number of carbonyl (C=O) groups is 2. The minimum absolute atomic E-state index is 0.0582. The first kappa shape index (κ1) is 27.1. The number of hydrogen-bond donors (Lipinski definition) is 4. The third-order valence-electron chi connectivity index (χ3n) is 8.44. The molecule has 2 aromatic carbocycles. The molecule has 0 spiro atoms. The minimum Gasteiger partial charge on any atom is -0.507 e. The molecule has 0 aromatic heterocycles. The van der Waals surface area contributed by atoms with E-state index in [1.54, 1.807) is 30.4 Å². The molecular weight excluding hydrogens is 516 g/mol. The average Bonchev–Trinajstić information content (AvgIpc) is 3.61. The van der Waals surface area contributed by atoms with Gasteiger partial charge >= 0.3 is 0 Å².